The van der Waals surface area contributed by atoms with E-state index < -0.39 is 4.83 Å². The van der Waals surface area contributed by atoms with Crippen molar-refractivity contribution in [2.24, 2.45) is 0 Å². The minimum Gasteiger partial charge on any atom is -0.219 e. The Bertz CT molecular complexity index is 591. The number of hydrogen-bond donors (Lipinski definition) is 0. The van der Waals surface area contributed by atoms with Crippen molar-refractivity contribution < 1.29 is 8.78 Å². The van der Waals surface area contributed by atoms with E-state index in [4.69, 9.17) is 0 Å². The molecule has 112 valence electrons. The van der Waals surface area contributed by atoms with E-state index in [1.54, 1.807) is 0 Å². The van der Waals surface area contributed by atoms with Gasteiger partial charge >= 0.3 is 4.83 Å². The van der Waals surface area contributed by atoms with Crippen LogP contribution in [0.1, 0.15) is 18.5 Å². The Morgan fingerprint density at radius 1 is 1.19 bits per heavy atom. The third-order valence-corrected chi connectivity index (χ3v) is 4.04. The van der Waals surface area contributed by atoms with Crippen molar-refractivity contribution in [2.45, 2.75) is 29.8 Å². The molecule has 1 aromatic heterocycles. The quantitative estimate of drug-likeness (QED) is 0.417. The van der Waals surface area contributed by atoms with Crippen LogP contribution in [0.15, 0.2) is 35.5 Å². The normalized spacial score (nSPS) is 11.6. The topological polar surface area (TPSA) is 38.7 Å². The first kappa shape index (κ1) is 16.3. The van der Waals surface area contributed by atoms with Crippen molar-refractivity contribution in [2.75, 3.05) is 5.75 Å². The summed E-state index contributed by atoms with van der Waals surface area (Å²) in [7, 11) is 0. The van der Waals surface area contributed by atoms with Gasteiger partial charge in [-0.15, -0.1) is 5.10 Å². The fourth-order valence-corrected chi connectivity index (χ4v) is 2.74. The van der Waals surface area contributed by atoms with Gasteiger partial charge in [0.15, 0.2) is 0 Å². The van der Waals surface area contributed by atoms with Crippen LogP contribution in [0.25, 0.3) is 11.3 Å². The number of hydrogen-bond acceptors (Lipinski definition) is 4. The highest BCUT2D eigenvalue weighted by molar-refractivity contribution is 9.09. The summed E-state index contributed by atoms with van der Waals surface area (Å²) in [5.74, 6) is 0.528. The molecule has 0 aliphatic carbocycles. The predicted molar refractivity (Wildman–Crippen MR) is 83.8 cm³/mol. The third kappa shape index (κ3) is 5.32. The van der Waals surface area contributed by atoms with Crippen LogP contribution in [-0.4, -0.2) is 25.8 Å². The highest BCUT2D eigenvalue weighted by Crippen LogP contribution is 2.29. The summed E-state index contributed by atoms with van der Waals surface area (Å²) < 4.78 is 25.3. The SMILES string of the molecule is Cc1nnc(SCCCC(F)(F)Br)nc1-c1ccccc1. The first-order valence-corrected chi connectivity index (χ1v) is 8.20. The van der Waals surface area contributed by atoms with E-state index in [1.165, 1.54) is 11.8 Å². The van der Waals surface area contributed by atoms with Gasteiger partial charge < -0.3 is 0 Å². The van der Waals surface area contributed by atoms with Crippen LogP contribution >= 0.6 is 27.7 Å². The lowest BCUT2D eigenvalue weighted by Crippen LogP contribution is -2.05. The Morgan fingerprint density at radius 3 is 2.57 bits per heavy atom. The number of alkyl halides is 3. The zero-order valence-corrected chi connectivity index (χ0v) is 13.8. The molecule has 0 spiro atoms. The van der Waals surface area contributed by atoms with E-state index in [2.05, 4.69) is 31.1 Å². The van der Waals surface area contributed by atoms with Gasteiger partial charge in [0, 0.05) is 17.7 Å². The largest absolute Gasteiger partial charge is 0.301 e. The van der Waals surface area contributed by atoms with Crippen LogP contribution in [0.3, 0.4) is 0 Å². The summed E-state index contributed by atoms with van der Waals surface area (Å²) in [4.78, 5) is 1.67. The minimum absolute atomic E-state index is 0.204. The second kappa shape index (κ2) is 7.26. The summed E-state index contributed by atoms with van der Waals surface area (Å²) in [6.45, 7) is 1.85. The summed E-state index contributed by atoms with van der Waals surface area (Å²) in [6, 6.07) is 9.71. The third-order valence-electron chi connectivity index (χ3n) is 2.72. The fourth-order valence-electron chi connectivity index (χ4n) is 1.73. The lowest BCUT2D eigenvalue weighted by molar-refractivity contribution is 0.104. The van der Waals surface area contributed by atoms with Crippen LogP contribution in [0.2, 0.25) is 0 Å². The van der Waals surface area contributed by atoms with Crippen molar-refractivity contribution in [3.63, 3.8) is 0 Å². The van der Waals surface area contributed by atoms with Gasteiger partial charge in [-0.05, 0) is 29.3 Å². The van der Waals surface area contributed by atoms with Crippen LogP contribution in [0.4, 0.5) is 8.78 Å². The van der Waals surface area contributed by atoms with Crippen molar-refractivity contribution in [1.29, 1.82) is 0 Å². The summed E-state index contributed by atoms with van der Waals surface area (Å²) in [6.07, 6.45) is 0.172. The summed E-state index contributed by atoms with van der Waals surface area (Å²) in [5, 5.41) is 8.60. The zero-order valence-electron chi connectivity index (χ0n) is 11.4. The number of nitrogens with zero attached hydrogens (tertiary/aromatic N) is 3. The molecule has 0 fully saturated rings. The standard InChI is InChI=1S/C14H14BrF2N3S/c1-10-12(11-6-3-2-4-7-11)18-13(20-19-10)21-9-5-8-14(15,16)17/h2-4,6-7H,5,8-9H2,1H3. The molecule has 0 saturated carbocycles. The van der Waals surface area contributed by atoms with Crippen molar-refractivity contribution in [3.8, 4) is 11.3 Å². The van der Waals surface area contributed by atoms with Crippen LogP contribution in [0.5, 0.6) is 0 Å². The van der Waals surface area contributed by atoms with Gasteiger partial charge in [0.2, 0.25) is 5.16 Å². The molecule has 0 saturated heterocycles. The zero-order chi connectivity index (χ0) is 15.3. The van der Waals surface area contributed by atoms with E-state index in [0.29, 0.717) is 17.3 Å². The lowest BCUT2D eigenvalue weighted by atomic mass is 10.1. The average Bonchev–Trinajstić information content (AvgIpc) is 2.45. The van der Waals surface area contributed by atoms with Gasteiger partial charge in [-0.1, -0.05) is 42.1 Å². The van der Waals surface area contributed by atoms with Gasteiger partial charge in [-0.2, -0.15) is 13.9 Å². The molecule has 0 radical (unpaired) electrons. The Kier molecular flexibility index (Phi) is 5.64. The second-order valence-corrected chi connectivity index (χ2v) is 6.68. The smallest absolute Gasteiger partial charge is 0.219 e. The maximum atomic E-state index is 12.7. The Labute approximate surface area is 134 Å². The Hall–Kier alpha value is -1.08. The minimum atomic E-state index is -2.80. The summed E-state index contributed by atoms with van der Waals surface area (Å²) in [5.41, 5.74) is 2.50. The highest BCUT2D eigenvalue weighted by Gasteiger charge is 2.22. The van der Waals surface area contributed by atoms with Crippen LogP contribution < -0.4 is 0 Å². The molecule has 21 heavy (non-hydrogen) atoms. The molecule has 0 aliphatic heterocycles. The number of halogens is 3. The molecular weight excluding hydrogens is 360 g/mol. The molecule has 1 heterocycles. The first-order chi connectivity index (χ1) is 9.96. The fraction of sp³-hybridized carbons (Fsp3) is 0.357. The maximum absolute atomic E-state index is 12.7. The van der Waals surface area contributed by atoms with Gasteiger partial charge in [-0.3, -0.25) is 0 Å². The van der Waals surface area contributed by atoms with Crippen LogP contribution in [-0.2, 0) is 0 Å². The predicted octanol–water partition coefficient (Wildman–Crippen LogP) is 4.71. The molecular formula is C14H14BrF2N3S. The molecule has 0 bridgehead atoms. The number of aryl methyl sites for hydroxylation is 1. The number of thioether (sulfide) groups is 1. The molecule has 0 unspecified atom stereocenters. The van der Waals surface area contributed by atoms with E-state index >= 15 is 0 Å². The molecule has 0 aliphatic rings. The maximum Gasteiger partial charge on any atom is 0.301 e. The average molecular weight is 374 g/mol. The van der Waals surface area contributed by atoms with Crippen LogP contribution in [0, 0.1) is 6.92 Å². The van der Waals surface area contributed by atoms with Gasteiger partial charge in [0.1, 0.15) is 0 Å². The first-order valence-electron chi connectivity index (χ1n) is 6.42. The Morgan fingerprint density at radius 2 is 1.90 bits per heavy atom. The van der Waals surface area contributed by atoms with E-state index in [1.807, 2.05) is 37.3 Å². The number of rotatable bonds is 6. The molecule has 0 N–H and O–H groups in total. The second-order valence-electron chi connectivity index (χ2n) is 4.46. The Balaban J connectivity index is 2.02. The van der Waals surface area contributed by atoms with E-state index in [0.717, 1.165) is 17.0 Å². The molecule has 0 amide bonds. The monoisotopic (exact) mass is 373 g/mol. The molecule has 1 aromatic carbocycles. The molecule has 3 nitrogen and oxygen atoms in total. The highest BCUT2D eigenvalue weighted by atomic mass is 79.9. The van der Waals surface area contributed by atoms with Gasteiger partial charge in [0.25, 0.3) is 0 Å². The van der Waals surface area contributed by atoms with Gasteiger partial charge in [0.05, 0.1) is 11.4 Å². The molecule has 2 aromatic rings. The van der Waals surface area contributed by atoms with E-state index in [9.17, 15) is 8.78 Å². The van der Waals surface area contributed by atoms with Gasteiger partial charge in [-0.25, -0.2) is 4.98 Å². The lowest BCUT2D eigenvalue weighted by Gasteiger charge is -2.08. The van der Waals surface area contributed by atoms with Crippen molar-refractivity contribution in [3.05, 3.63) is 36.0 Å². The number of aromatic nitrogens is 3. The molecule has 0 atom stereocenters. The molecule has 7 heteroatoms. The summed E-state index contributed by atoms with van der Waals surface area (Å²) >= 11 is 3.67. The van der Waals surface area contributed by atoms with Crippen molar-refractivity contribution >= 4 is 27.7 Å². The van der Waals surface area contributed by atoms with E-state index in [-0.39, 0.29) is 6.42 Å². The molecule has 2 rings (SSSR count). The number of benzene rings is 1. The van der Waals surface area contributed by atoms with Crippen molar-refractivity contribution in [1.82, 2.24) is 15.2 Å².